The number of likely N-dealkylation sites (tertiary alicyclic amines) is 1. The van der Waals surface area contributed by atoms with Crippen LogP contribution < -0.4 is 0 Å². The highest BCUT2D eigenvalue weighted by Gasteiger charge is 2.45. The number of aryl methyl sites for hydroxylation is 1. The van der Waals surface area contributed by atoms with Gasteiger partial charge in [0.25, 0.3) is 0 Å². The van der Waals surface area contributed by atoms with Crippen molar-refractivity contribution in [3.05, 3.63) is 35.1 Å². The van der Waals surface area contributed by atoms with Crippen LogP contribution in [0.1, 0.15) is 63.0 Å². The van der Waals surface area contributed by atoms with Crippen LogP contribution in [0.4, 0.5) is 4.39 Å². The van der Waals surface area contributed by atoms with Gasteiger partial charge in [0.15, 0.2) is 0 Å². The van der Waals surface area contributed by atoms with Gasteiger partial charge in [-0.15, -0.1) is 0 Å². The molecule has 1 heterocycles. The lowest BCUT2D eigenvalue weighted by Crippen LogP contribution is -2.48. The van der Waals surface area contributed by atoms with Crippen molar-refractivity contribution in [2.24, 2.45) is 11.8 Å². The molecular weight excluding hydrogens is 285 g/mol. The maximum atomic E-state index is 13.8. The molecule has 23 heavy (non-hydrogen) atoms. The van der Waals surface area contributed by atoms with Crippen LogP contribution in [0.2, 0.25) is 0 Å². The minimum absolute atomic E-state index is 0.0750. The van der Waals surface area contributed by atoms with Crippen LogP contribution >= 0.6 is 0 Å². The van der Waals surface area contributed by atoms with Gasteiger partial charge >= 0.3 is 0 Å². The monoisotopic (exact) mass is 315 g/mol. The highest BCUT2D eigenvalue weighted by atomic mass is 19.1. The number of rotatable bonds is 3. The third-order valence-corrected chi connectivity index (χ3v) is 7.37. The van der Waals surface area contributed by atoms with Crippen LogP contribution in [0.5, 0.6) is 0 Å². The van der Waals surface area contributed by atoms with E-state index in [-0.39, 0.29) is 11.2 Å². The zero-order valence-corrected chi connectivity index (χ0v) is 14.7. The summed E-state index contributed by atoms with van der Waals surface area (Å²) in [5.41, 5.74) is 2.73. The Balaban J connectivity index is 1.51. The Hall–Kier alpha value is -0.890. The van der Waals surface area contributed by atoms with Gasteiger partial charge in [-0.3, -0.25) is 0 Å². The molecule has 2 bridgehead atoms. The Morgan fingerprint density at radius 1 is 1.17 bits per heavy atom. The van der Waals surface area contributed by atoms with Crippen LogP contribution in [-0.2, 0) is 5.41 Å². The Morgan fingerprint density at radius 3 is 2.57 bits per heavy atom. The van der Waals surface area contributed by atoms with E-state index in [1.165, 1.54) is 62.7 Å². The molecule has 126 valence electrons. The molecule has 1 aromatic rings. The van der Waals surface area contributed by atoms with Crippen molar-refractivity contribution in [3.63, 3.8) is 0 Å². The summed E-state index contributed by atoms with van der Waals surface area (Å²) in [6.45, 7) is 6.85. The second-order valence-corrected chi connectivity index (χ2v) is 8.37. The van der Waals surface area contributed by atoms with Crippen molar-refractivity contribution in [1.82, 2.24) is 4.90 Å². The van der Waals surface area contributed by atoms with Gasteiger partial charge in [-0.2, -0.15) is 0 Å². The van der Waals surface area contributed by atoms with E-state index < -0.39 is 0 Å². The average Bonchev–Trinajstić information content (AvgIpc) is 3.20. The zero-order valence-electron chi connectivity index (χ0n) is 14.7. The second kappa shape index (κ2) is 5.88. The van der Waals surface area contributed by atoms with E-state index in [2.05, 4.69) is 18.7 Å². The Kier molecular flexibility index (Phi) is 3.99. The fourth-order valence-corrected chi connectivity index (χ4v) is 5.92. The molecule has 4 rings (SSSR count). The molecule has 0 amide bonds. The van der Waals surface area contributed by atoms with Gasteiger partial charge in [-0.05, 0) is 99.0 Å². The molecule has 1 unspecified atom stereocenters. The first kappa shape index (κ1) is 15.6. The predicted molar refractivity (Wildman–Crippen MR) is 93.1 cm³/mol. The van der Waals surface area contributed by atoms with E-state index in [0.29, 0.717) is 0 Å². The molecule has 3 atom stereocenters. The summed E-state index contributed by atoms with van der Waals surface area (Å²) >= 11 is 0. The predicted octanol–water partition coefficient (Wildman–Crippen LogP) is 5.07. The summed E-state index contributed by atoms with van der Waals surface area (Å²) in [4.78, 5) is 2.78. The fourth-order valence-electron chi connectivity index (χ4n) is 5.92. The minimum Gasteiger partial charge on any atom is -0.300 e. The summed E-state index contributed by atoms with van der Waals surface area (Å²) in [6.07, 6.45) is 9.40. The summed E-state index contributed by atoms with van der Waals surface area (Å²) in [5, 5.41) is 0. The van der Waals surface area contributed by atoms with Crippen LogP contribution in [0.15, 0.2) is 18.2 Å². The standard InChI is InChI=1S/C21H30FN/c1-3-21(19-14-18(22)7-4-15(19)2)8-10-23(11-9-21)20-13-16-5-6-17(20)12-16/h4,7,14,16-17,20H,3,5-6,8-13H2,1-2H3/t16?,17-,20+/m1/s1. The number of hydrogen-bond donors (Lipinski definition) is 0. The third kappa shape index (κ3) is 2.63. The highest BCUT2D eigenvalue weighted by molar-refractivity contribution is 5.34. The van der Waals surface area contributed by atoms with Crippen molar-refractivity contribution in [2.45, 2.75) is 70.3 Å². The zero-order chi connectivity index (χ0) is 16.0. The van der Waals surface area contributed by atoms with Crippen molar-refractivity contribution in [2.75, 3.05) is 13.1 Å². The minimum atomic E-state index is -0.0750. The van der Waals surface area contributed by atoms with Crippen molar-refractivity contribution >= 4 is 0 Å². The molecule has 0 spiro atoms. The van der Waals surface area contributed by atoms with Crippen molar-refractivity contribution in [3.8, 4) is 0 Å². The number of benzene rings is 1. The molecule has 2 aliphatic carbocycles. The van der Waals surface area contributed by atoms with Gasteiger partial charge in [0.05, 0.1) is 0 Å². The summed E-state index contributed by atoms with van der Waals surface area (Å²) in [5.74, 6) is 1.92. The molecule has 1 aliphatic heterocycles. The first-order chi connectivity index (χ1) is 11.1. The molecule has 0 N–H and O–H groups in total. The summed E-state index contributed by atoms with van der Waals surface area (Å²) < 4.78 is 13.8. The van der Waals surface area contributed by atoms with E-state index >= 15 is 0 Å². The normalized spacial score (nSPS) is 33.3. The molecular formula is C21H30FN. The first-order valence-corrected chi connectivity index (χ1v) is 9.62. The molecule has 1 nitrogen and oxygen atoms in total. The molecule has 1 saturated heterocycles. The lowest BCUT2D eigenvalue weighted by molar-refractivity contribution is 0.0815. The number of nitrogens with zero attached hydrogens (tertiary/aromatic N) is 1. The Bertz CT molecular complexity index is 573. The lowest BCUT2D eigenvalue weighted by atomic mass is 9.69. The summed E-state index contributed by atoms with van der Waals surface area (Å²) in [7, 11) is 0. The van der Waals surface area contributed by atoms with Crippen LogP contribution in [0.25, 0.3) is 0 Å². The van der Waals surface area contributed by atoms with Gasteiger partial charge in [0, 0.05) is 6.04 Å². The van der Waals surface area contributed by atoms with E-state index in [1.54, 1.807) is 6.07 Å². The molecule has 0 radical (unpaired) electrons. The SMILES string of the molecule is CCC1(c2cc(F)ccc2C)CCN([C@H]2CC3CC[C@@H]2C3)CC1. The highest BCUT2D eigenvalue weighted by Crippen LogP contribution is 2.49. The van der Waals surface area contributed by atoms with Gasteiger partial charge in [-0.1, -0.05) is 19.4 Å². The molecule has 1 aromatic carbocycles. The average molecular weight is 315 g/mol. The van der Waals surface area contributed by atoms with E-state index in [9.17, 15) is 4.39 Å². The van der Waals surface area contributed by atoms with E-state index in [0.717, 1.165) is 24.3 Å². The van der Waals surface area contributed by atoms with Crippen LogP contribution in [-0.4, -0.2) is 24.0 Å². The number of hydrogen-bond acceptors (Lipinski definition) is 1. The lowest BCUT2D eigenvalue weighted by Gasteiger charge is -2.46. The first-order valence-electron chi connectivity index (χ1n) is 9.62. The number of fused-ring (bicyclic) bond motifs is 2. The quantitative estimate of drug-likeness (QED) is 0.753. The summed E-state index contributed by atoms with van der Waals surface area (Å²) in [6, 6.07) is 6.24. The Morgan fingerprint density at radius 2 is 1.96 bits per heavy atom. The molecule has 2 heteroatoms. The maximum absolute atomic E-state index is 13.8. The smallest absolute Gasteiger partial charge is 0.123 e. The third-order valence-electron chi connectivity index (χ3n) is 7.37. The van der Waals surface area contributed by atoms with Gasteiger partial charge in [0.1, 0.15) is 5.82 Å². The van der Waals surface area contributed by atoms with Crippen LogP contribution in [0, 0.1) is 24.6 Å². The topological polar surface area (TPSA) is 3.24 Å². The van der Waals surface area contributed by atoms with Crippen molar-refractivity contribution in [1.29, 1.82) is 0 Å². The maximum Gasteiger partial charge on any atom is 0.123 e. The number of piperidine rings is 1. The Labute approximate surface area is 140 Å². The molecule has 0 aromatic heterocycles. The fraction of sp³-hybridized carbons (Fsp3) is 0.714. The molecule has 3 aliphatic rings. The molecule has 3 fully saturated rings. The van der Waals surface area contributed by atoms with Gasteiger partial charge in [0.2, 0.25) is 0 Å². The van der Waals surface area contributed by atoms with E-state index in [4.69, 9.17) is 0 Å². The van der Waals surface area contributed by atoms with Gasteiger partial charge in [-0.25, -0.2) is 4.39 Å². The largest absolute Gasteiger partial charge is 0.300 e. The van der Waals surface area contributed by atoms with Crippen molar-refractivity contribution < 1.29 is 4.39 Å². The van der Waals surface area contributed by atoms with Crippen LogP contribution in [0.3, 0.4) is 0 Å². The molecule has 2 saturated carbocycles. The van der Waals surface area contributed by atoms with E-state index in [1.807, 2.05) is 12.1 Å². The van der Waals surface area contributed by atoms with Gasteiger partial charge < -0.3 is 4.90 Å². The second-order valence-electron chi connectivity index (χ2n) is 8.37. The number of halogens is 1.